The molecule has 1 spiro atoms. The van der Waals surface area contributed by atoms with Crippen LogP contribution in [0.25, 0.3) is 0 Å². The van der Waals surface area contributed by atoms with Crippen molar-refractivity contribution in [2.24, 2.45) is 0 Å². The van der Waals surface area contributed by atoms with Gasteiger partial charge in [0.15, 0.2) is 0 Å². The zero-order chi connectivity index (χ0) is 21.7. The summed E-state index contributed by atoms with van der Waals surface area (Å²) in [5.41, 5.74) is -1.68. The van der Waals surface area contributed by atoms with Crippen LogP contribution in [0.3, 0.4) is 0 Å². The van der Waals surface area contributed by atoms with Gasteiger partial charge < -0.3 is 10.6 Å². The number of fused-ring (bicyclic) bond motifs is 2. The van der Waals surface area contributed by atoms with Crippen molar-refractivity contribution in [2.45, 2.75) is 31.0 Å². The normalized spacial score (nSPS) is 21.0. The van der Waals surface area contributed by atoms with E-state index >= 15 is 0 Å². The van der Waals surface area contributed by atoms with E-state index in [1.807, 2.05) is 5.38 Å². The van der Waals surface area contributed by atoms with E-state index in [1.54, 1.807) is 6.07 Å². The number of imide groups is 1. The lowest BCUT2D eigenvalue weighted by Crippen LogP contribution is -2.46. The number of thiophene rings is 1. The summed E-state index contributed by atoms with van der Waals surface area (Å²) < 4.78 is 39.0. The van der Waals surface area contributed by atoms with E-state index in [4.69, 9.17) is 11.6 Å². The fraction of sp³-hybridized carbons (Fsp3) is 0.316. The Morgan fingerprint density at radius 3 is 2.80 bits per heavy atom. The topological polar surface area (TPSA) is 78.5 Å². The number of hydrogen-bond acceptors (Lipinski definition) is 4. The van der Waals surface area contributed by atoms with Crippen LogP contribution in [-0.4, -0.2) is 29.3 Å². The number of hydrogen-bond donors (Lipinski definition) is 2. The molecule has 2 aromatic rings. The largest absolute Gasteiger partial charge is 0.417 e. The Bertz CT molecular complexity index is 1060. The first kappa shape index (κ1) is 20.7. The Morgan fingerprint density at radius 1 is 1.30 bits per heavy atom. The van der Waals surface area contributed by atoms with Crippen molar-refractivity contribution in [1.29, 1.82) is 0 Å². The van der Waals surface area contributed by atoms with Gasteiger partial charge >= 0.3 is 12.2 Å². The van der Waals surface area contributed by atoms with Crippen LogP contribution < -0.4 is 10.6 Å². The van der Waals surface area contributed by atoms with E-state index in [1.165, 1.54) is 17.4 Å². The van der Waals surface area contributed by atoms with Crippen LogP contribution in [0.2, 0.25) is 5.02 Å². The SMILES string of the molecule is O=C(CN1C(=O)NC2(CCCc3sccc32)C1=O)Nc1ccc(Cl)c(C(F)(F)F)c1. The van der Waals surface area contributed by atoms with Gasteiger partial charge in [-0.3, -0.25) is 14.5 Å². The van der Waals surface area contributed by atoms with Crippen LogP contribution in [0, 0.1) is 0 Å². The molecule has 1 aliphatic carbocycles. The number of benzene rings is 1. The van der Waals surface area contributed by atoms with Crippen LogP contribution >= 0.6 is 22.9 Å². The third-order valence-electron chi connectivity index (χ3n) is 5.19. The van der Waals surface area contributed by atoms with Gasteiger partial charge in [-0.15, -0.1) is 11.3 Å². The molecule has 0 saturated carbocycles. The number of alkyl halides is 3. The highest BCUT2D eigenvalue weighted by molar-refractivity contribution is 7.10. The molecule has 2 aliphatic rings. The third-order valence-corrected chi connectivity index (χ3v) is 6.50. The highest BCUT2D eigenvalue weighted by Crippen LogP contribution is 2.42. The lowest BCUT2D eigenvalue weighted by atomic mass is 9.80. The van der Waals surface area contributed by atoms with Crippen LogP contribution in [0.1, 0.15) is 28.8 Å². The average Bonchev–Trinajstić information content (AvgIpc) is 3.23. The maximum absolute atomic E-state index is 13.1. The summed E-state index contributed by atoms with van der Waals surface area (Å²) >= 11 is 7.08. The second-order valence-electron chi connectivity index (χ2n) is 7.08. The zero-order valence-electron chi connectivity index (χ0n) is 15.3. The molecule has 4 amide bonds. The van der Waals surface area contributed by atoms with E-state index < -0.39 is 46.7 Å². The number of urea groups is 1. The predicted octanol–water partition coefficient (Wildman–Crippen LogP) is 4.14. The molecule has 1 fully saturated rings. The number of rotatable bonds is 3. The zero-order valence-corrected chi connectivity index (χ0v) is 16.9. The molecule has 0 radical (unpaired) electrons. The number of carbonyl (C=O) groups excluding carboxylic acids is 3. The van der Waals surface area contributed by atoms with Gasteiger partial charge in [0.2, 0.25) is 5.91 Å². The highest BCUT2D eigenvalue weighted by Gasteiger charge is 2.54. The van der Waals surface area contributed by atoms with E-state index in [0.717, 1.165) is 27.8 Å². The Labute approximate surface area is 178 Å². The van der Waals surface area contributed by atoms with Gasteiger partial charge in [-0.05, 0) is 48.9 Å². The summed E-state index contributed by atoms with van der Waals surface area (Å²) in [6, 6.07) is 4.02. The van der Waals surface area contributed by atoms with Crippen LogP contribution in [-0.2, 0) is 27.7 Å². The molecule has 1 aromatic heterocycles. The first-order chi connectivity index (χ1) is 14.1. The van der Waals surface area contributed by atoms with Gasteiger partial charge in [0.25, 0.3) is 5.91 Å². The Balaban J connectivity index is 1.51. The van der Waals surface area contributed by atoms with Gasteiger partial charge in [-0.25, -0.2) is 4.79 Å². The number of anilines is 1. The van der Waals surface area contributed by atoms with E-state index in [2.05, 4.69) is 10.6 Å². The maximum atomic E-state index is 13.1. The standard InChI is InChI=1S/C19H15ClF3N3O3S/c20-13-4-3-10(8-12(13)19(21,22)23)24-15(27)9-26-16(28)18(25-17(26)29)6-1-2-14-11(18)5-7-30-14/h3-5,7-8H,1-2,6,9H2,(H,24,27)(H,25,29). The molecular weight excluding hydrogens is 443 g/mol. The van der Waals surface area contributed by atoms with Crippen molar-refractivity contribution < 1.29 is 27.6 Å². The van der Waals surface area contributed by atoms with Crippen molar-refractivity contribution in [1.82, 2.24) is 10.2 Å². The first-order valence-corrected chi connectivity index (χ1v) is 10.2. The molecule has 1 unspecified atom stereocenters. The number of aryl methyl sites for hydroxylation is 1. The fourth-order valence-electron chi connectivity index (χ4n) is 3.85. The van der Waals surface area contributed by atoms with Crippen molar-refractivity contribution in [3.63, 3.8) is 0 Å². The molecule has 2 N–H and O–H groups in total. The second-order valence-corrected chi connectivity index (χ2v) is 8.49. The van der Waals surface area contributed by atoms with Crippen molar-refractivity contribution >= 4 is 46.5 Å². The molecule has 158 valence electrons. The molecule has 1 aliphatic heterocycles. The maximum Gasteiger partial charge on any atom is 0.417 e. The summed E-state index contributed by atoms with van der Waals surface area (Å²) in [4.78, 5) is 39.7. The number of amides is 4. The molecule has 0 bridgehead atoms. The van der Waals surface area contributed by atoms with Crippen LogP contribution in [0.15, 0.2) is 29.6 Å². The second kappa shape index (κ2) is 7.28. The van der Waals surface area contributed by atoms with Gasteiger partial charge in [-0.2, -0.15) is 13.2 Å². The number of nitrogens with zero attached hydrogens (tertiary/aromatic N) is 1. The molecule has 11 heteroatoms. The minimum absolute atomic E-state index is 0.142. The monoisotopic (exact) mass is 457 g/mol. The molecule has 4 rings (SSSR count). The van der Waals surface area contributed by atoms with Crippen LogP contribution in [0.4, 0.5) is 23.7 Å². The van der Waals surface area contributed by atoms with Crippen LogP contribution in [0.5, 0.6) is 0 Å². The van der Waals surface area contributed by atoms with E-state index in [9.17, 15) is 27.6 Å². The lowest BCUT2D eigenvalue weighted by Gasteiger charge is -2.31. The molecule has 1 saturated heterocycles. The third kappa shape index (κ3) is 3.43. The molecule has 1 aromatic carbocycles. The molecule has 6 nitrogen and oxygen atoms in total. The molecule has 2 heterocycles. The average molecular weight is 458 g/mol. The summed E-state index contributed by atoms with van der Waals surface area (Å²) in [5, 5.41) is 6.35. The smallest absolute Gasteiger partial charge is 0.325 e. The van der Waals surface area contributed by atoms with Crippen molar-refractivity contribution in [3.8, 4) is 0 Å². The lowest BCUT2D eigenvalue weighted by molar-refractivity contribution is -0.137. The van der Waals surface area contributed by atoms with E-state index in [0.29, 0.717) is 18.9 Å². The summed E-state index contributed by atoms with van der Waals surface area (Å²) in [5.74, 6) is -1.33. The van der Waals surface area contributed by atoms with Crippen molar-refractivity contribution in [3.05, 3.63) is 50.7 Å². The molecular formula is C19H15ClF3N3O3S. The van der Waals surface area contributed by atoms with Gasteiger partial charge in [-0.1, -0.05) is 11.6 Å². The molecule has 1 atom stereocenters. The number of halogens is 4. The Hall–Kier alpha value is -2.59. The fourth-order valence-corrected chi connectivity index (χ4v) is 5.07. The minimum Gasteiger partial charge on any atom is -0.325 e. The van der Waals surface area contributed by atoms with Gasteiger partial charge in [0.05, 0.1) is 10.6 Å². The number of nitrogens with one attached hydrogen (secondary N) is 2. The Kier molecular flexibility index (Phi) is 5.01. The number of carbonyl (C=O) groups is 3. The predicted molar refractivity (Wildman–Crippen MR) is 104 cm³/mol. The van der Waals surface area contributed by atoms with E-state index in [-0.39, 0.29) is 5.69 Å². The molecule has 30 heavy (non-hydrogen) atoms. The van der Waals surface area contributed by atoms with Gasteiger partial charge in [0.1, 0.15) is 12.1 Å². The minimum atomic E-state index is -4.69. The van der Waals surface area contributed by atoms with Crippen molar-refractivity contribution in [2.75, 3.05) is 11.9 Å². The highest BCUT2D eigenvalue weighted by atomic mass is 35.5. The summed E-state index contributed by atoms with van der Waals surface area (Å²) in [6.07, 6.45) is -2.74. The quantitative estimate of drug-likeness (QED) is 0.680. The Morgan fingerprint density at radius 2 is 2.07 bits per heavy atom. The first-order valence-electron chi connectivity index (χ1n) is 8.99. The van der Waals surface area contributed by atoms with Gasteiger partial charge in [0, 0.05) is 16.1 Å². The summed E-state index contributed by atoms with van der Waals surface area (Å²) in [7, 11) is 0. The summed E-state index contributed by atoms with van der Waals surface area (Å²) in [6.45, 7) is -0.615.